The molecule has 1 aromatic carbocycles. The van der Waals surface area contributed by atoms with Crippen LogP contribution in [0.3, 0.4) is 0 Å². The third-order valence-electron chi connectivity index (χ3n) is 6.76. The molecule has 180 valence electrons. The molecule has 1 saturated heterocycles. The van der Waals surface area contributed by atoms with E-state index >= 15 is 0 Å². The summed E-state index contributed by atoms with van der Waals surface area (Å²) in [6, 6.07) is 4.98. The van der Waals surface area contributed by atoms with Gasteiger partial charge >= 0.3 is 5.69 Å². The summed E-state index contributed by atoms with van der Waals surface area (Å²) in [5.74, 6) is 5.68. The second-order valence-corrected chi connectivity index (χ2v) is 9.19. The van der Waals surface area contributed by atoms with Crippen LogP contribution < -0.4 is 22.1 Å². The molecule has 3 amide bonds. The zero-order valence-electron chi connectivity index (χ0n) is 19.4. The molecule has 9 heteroatoms. The van der Waals surface area contributed by atoms with E-state index in [1.807, 2.05) is 12.1 Å². The van der Waals surface area contributed by atoms with Crippen LogP contribution in [0.1, 0.15) is 63.0 Å². The van der Waals surface area contributed by atoms with Crippen LogP contribution in [0.5, 0.6) is 0 Å². The number of amides is 3. The fraction of sp³-hybridized carbons (Fsp3) is 0.520. The number of hydrogen-bond acceptors (Lipinski definition) is 5. The summed E-state index contributed by atoms with van der Waals surface area (Å²) in [5, 5.41) is 5.31. The third-order valence-corrected chi connectivity index (χ3v) is 6.76. The lowest BCUT2D eigenvalue weighted by molar-refractivity contribution is -0.135. The number of rotatable bonds is 5. The van der Waals surface area contributed by atoms with Crippen molar-refractivity contribution in [3.8, 4) is 11.8 Å². The Kier molecular flexibility index (Phi) is 7.17. The summed E-state index contributed by atoms with van der Waals surface area (Å²) in [5.41, 5.74) is 7.69. The summed E-state index contributed by atoms with van der Waals surface area (Å²) >= 11 is 0. The van der Waals surface area contributed by atoms with E-state index in [4.69, 9.17) is 5.73 Å². The van der Waals surface area contributed by atoms with Crippen LogP contribution in [0.4, 0.5) is 0 Å². The summed E-state index contributed by atoms with van der Waals surface area (Å²) in [6.07, 6.45) is 5.47. The standard InChI is InChI=1S/C25H31N5O4/c1-29-21-15-16(5-3-2-4-14-27-23(32)17-7-9-18(26)10-8-17)6-11-19(21)30(25(29)34)20-12-13-22(31)28-24(20)33/h6,11,15,17-18,20H,2,4,7-10,12-14,26H2,1H3,(H,27,32)(H,28,31,33). The Bertz CT molecular complexity index is 1220. The van der Waals surface area contributed by atoms with Gasteiger partial charge in [-0.2, -0.15) is 0 Å². The maximum Gasteiger partial charge on any atom is 0.329 e. The maximum absolute atomic E-state index is 12.8. The summed E-state index contributed by atoms with van der Waals surface area (Å²) in [6.45, 7) is 0.596. The van der Waals surface area contributed by atoms with Gasteiger partial charge in [-0.25, -0.2) is 4.79 Å². The van der Waals surface area contributed by atoms with E-state index in [0.29, 0.717) is 30.4 Å². The maximum atomic E-state index is 12.8. The zero-order valence-corrected chi connectivity index (χ0v) is 19.4. The minimum Gasteiger partial charge on any atom is -0.356 e. The fourth-order valence-electron chi connectivity index (χ4n) is 4.75. The molecule has 4 N–H and O–H groups in total. The first-order valence-corrected chi connectivity index (χ1v) is 11.9. The lowest BCUT2D eigenvalue weighted by atomic mass is 9.86. The number of benzene rings is 1. The van der Waals surface area contributed by atoms with Crippen molar-refractivity contribution < 1.29 is 14.4 Å². The van der Waals surface area contributed by atoms with Crippen molar-refractivity contribution in [2.75, 3.05) is 6.54 Å². The Morgan fingerprint density at radius 2 is 1.91 bits per heavy atom. The SMILES string of the molecule is Cn1c(=O)n(C2CCC(=O)NC2=O)c2ccc(C#CCCCNC(=O)C3CCC(N)CC3)cc21. The molecular weight excluding hydrogens is 434 g/mol. The number of hydrogen-bond donors (Lipinski definition) is 3. The highest BCUT2D eigenvalue weighted by molar-refractivity contribution is 6.00. The molecule has 0 spiro atoms. The van der Waals surface area contributed by atoms with Gasteiger partial charge in [0.05, 0.1) is 11.0 Å². The third kappa shape index (κ3) is 5.07. The van der Waals surface area contributed by atoms with Crippen LogP contribution >= 0.6 is 0 Å². The quantitative estimate of drug-likeness (QED) is 0.346. The molecule has 9 nitrogen and oxygen atoms in total. The lowest BCUT2D eigenvalue weighted by Gasteiger charge is -2.25. The molecule has 1 aliphatic carbocycles. The molecule has 1 aromatic heterocycles. The minimum absolute atomic E-state index is 0.0803. The molecule has 0 radical (unpaired) electrons. The average Bonchev–Trinajstić information content (AvgIpc) is 3.06. The van der Waals surface area contributed by atoms with E-state index in [2.05, 4.69) is 22.5 Å². The first-order chi connectivity index (χ1) is 16.3. The van der Waals surface area contributed by atoms with Crippen molar-refractivity contribution in [2.24, 2.45) is 18.7 Å². The molecule has 2 aliphatic rings. The van der Waals surface area contributed by atoms with Crippen molar-refractivity contribution >= 4 is 28.8 Å². The van der Waals surface area contributed by atoms with Crippen molar-refractivity contribution in [3.63, 3.8) is 0 Å². The number of imidazole rings is 1. The van der Waals surface area contributed by atoms with Crippen LogP contribution in [0.2, 0.25) is 0 Å². The number of imide groups is 1. The number of carbonyl (C=O) groups is 3. The molecule has 2 heterocycles. The predicted octanol–water partition coefficient (Wildman–Crippen LogP) is 1.08. The lowest BCUT2D eigenvalue weighted by Crippen LogP contribution is -2.44. The normalized spacial score (nSPS) is 22.7. The first-order valence-electron chi connectivity index (χ1n) is 11.9. The van der Waals surface area contributed by atoms with E-state index in [1.54, 1.807) is 13.1 Å². The highest BCUT2D eigenvalue weighted by Crippen LogP contribution is 2.24. The van der Waals surface area contributed by atoms with Crippen LogP contribution in [0, 0.1) is 17.8 Å². The molecule has 2 fully saturated rings. The van der Waals surface area contributed by atoms with E-state index in [9.17, 15) is 19.2 Å². The van der Waals surface area contributed by atoms with Gasteiger partial charge in [0.25, 0.3) is 0 Å². The van der Waals surface area contributed by atoms with Crippen molar-refractivity contribution in [1.82, 2.24) is 19.8 Å². The van der Waals surface area contributed by atoms with E-state index < -0.39 is 11.9 Å². The first kappa shape index (κ1) is 23.8. The van der Waals surface area contributed by atoms with Crippen molar-refractivity contribution in [2.45, 2.75) is 63.5 Å². The highest BCUT2D eigenvalue weighted by atomic mass is 16.2. The Morgan fingerprint density at radius 1 is 1.15 bits per heavy atom. The number of nitrogens with two attached hydrogens (primary N) is 1. The van der Waals surface area contributed by atoms with Gasteiger partial charge in [-0.3, -0.25) is 28.8 Å². The largest absolute Gasteiger partial charge is 0.356 e. The molecule has 4 rings (SSSR count). The van der Waals surface area contributed by atoms with E-state index in [0.717, 1.165) is 37.7 Å². The number of piperidine rings is 1. The number of carbonyl (C=O) groups excluding carboxylic acids is 3. The average molecular weight is 466 g/mol. The van der Waals surface area contributed by atoms with Gasteiger partial charge in [0, 0.05) is 44.0 Å². The van der Waals surface area contributed by atoms with E-state index in [-0.39, 0.29) is 35.9 Å². The van der Waals surface area contributed by atoms with Crippen molar-refractivity contribution in [1.29, 1.82) is 0 Å². The second kappa shape index (κ2) is 10.3. The van der Waals surface area contributed by atoms with Crippen LogP contribution in [-0.4, -0.2) is 39.4 Å². The van der Waals surface area contributed by atoms with Gasteiger partial charge in [0.1, 0.15) is 6.04 Å². The fourth-order valence-corrected chi connectivity index (χ4v) is 4.75. The molecule has 1 atom stereocenters. The van der Waals surface area contributed by atoms with Crippen LogP contribution in [0.25, 0.3) is 11.0 Å². The monoisotopic (exact) mass is 465 g/mol. The molecule has 1 aliphatic heterocycles. The highest BCUT2D eigenvalue weighted by Gasteiger charge is 2.31. The number of nitrogens with zero attached hydrogens (tertiary/aromatic N) is 2. The molecule has 0 bridgehead atoms. The van der Waals surface area contributed by atoms with Gasteiger partial charge in [-0.05, 0) is 56.7 Å². The van der Waals surface area contributed by atoms with Gasteiger partial charge in [-0.15, -0.1) is 0 Å². The van der Waals surface area contributed by atoms with Crippen LogP contribution in [0.15, 0.2) is 23.0 Å². The Morgan fingerprint density at radius 3 is 2.65 bits per heavy atom. The Hall–Kier alpha value is -3.38. The Balaban J connectivity index is 1.35. The van der Waals surface area contributed by atoms with Crippen LogP contribution in [-0.2, 0) is 21.4 Å². The number of unbranched alkanes of at least 4 members (excludes halogenated alkanes) is 1. The Labute approximate surface area is 198 Å². The summed E-state index contributed by atoms with van der Waals surface area (Å²) in [4.78, 5) is 48.8. The molecular formula is C25H31N5O4. The molecule has 1 unspecified atom stereocenters. The van der Waals surface area contributed by atoms with Gasteiger partial charge in [0.2, 0.25) is 17.7 Å². The zero-order chi connectivity index (χ0) is 24.2. The second-order valence-electron chi connectivity index (χ2n) is 9.19. The number of aryl methyl sites for hydroxylation is 1. The molecule has 34 heavy (non-hydrogen) atoms. The van der Waals surface area contributed by atoms with E-state index in [1.165, 1.54) is 9.13 Å². The predicted molar refractivity (Wildman–Crippen MR) is 128 cm³/mol. The van der Waals surface area contributed by atoms with Gasteiger partial charge in [0.15, 0.2) is 0 Å². The van der Waals surface area contributed by atoms with Gasteiger partial charge < -0.3 is 11.1 Å². The minimum atomic E-state index is -0.702. The van der Waals surface area contributed by atoms with Crippen molar-refractivity contribution in [3.05, 3.63) is 34.2 Å². The summed E-state index contributed by atoms with van der Waals surface area (Å²) in [7, 11) is 1.66. The smallest absolute Gasteiger partial charge is 0.329 e. The molecule has 2 aromatic rings. The topological polar surface area (TPSA) is 128 Å². The molecule has 1 saturated carbocycles. The summed E-state index contributed by atoms with van der Waals surface area (Å²) < 4.78 is 2.95. The number of fused-ring (bicyclic) bond motifs is 1. The number of aromatic nitrogens is 2. The van der Waals surface area contributed by atoms with Gasteiger partial charge in [-0.1, -0.05) is 11.8 Å². The number of nitrogens with one attached hydrogen (secondary N) is 2.